The van der Waals surface area contributed by atoms with Gasteiger partial charge in [0.2, 0.25) is 0 Å². The van der Waals surface area contributed by atoms with Gasteiger partial charge in [-0.25, -0.2) is 9.78 Å². The minimum absolute atomic E-state index is 0.0918. The molecule has 0 unspecified atom stereocenters. The third-order valence-corrected chi connectivity index (χ3v) is 4.37. The van der Waals surface area contributed by atoms with Crippen molar-refractivity contribution in [2.24, 2.45) is 0 Å². The summed E-state index contributed by atoms with van der Waals surface area (Å²) >= 11 is 0. The number of imidazole rings is 1. The van der Waals surface area contributed by atoms with Gasteiger partial charge in [-0.2, -0.15) is 5.26 Å². The number of nitrogens with one attached hydrogen (secondary N) is 1. The maximum atomic E-state index is 12.5. The molecule has 4 rings (SSSR count). The van der Waals surface area contributed by atoms with E-state index >= 15 is 0 Å². The minimum Gasteiger partial charge on any atom is -0.507 e. The number of carbonyl (C=O) groups is 1. The largest absolute Gasteiger partial charge is 0.507 e. The van der Waals surface area contributed by atoms with Gasteiger partial charge in [-0.05, 0) is 37.3 Å². The van der Waals surface area contributed by atoms with Crippen molar-refractivity contribution in [1.82, 2.24) is 19.9 Å². The number of carbonyl (C=O) groups excluding carboxylic acids is 1. The first-order valence-electron chi connectivity index (χ1n) is 8.77. The van der Waals surface area contributed by atoms with Crippen LogP contribution in [0, 0.1) is 11.3 Å². The number of para-hydroxylation sites is 2. The lowest BCUT2D eigenvalue weighted by Crippen LogP contribution is -2.18. The van der Waals surface area contributed by atoms with Crippen LogP contribution in [0.1, 0.15) is 23.1 Å². The molecule has 2 aromatic heterocycles. The number of aliphatic hydroxyl groups excluding tert-OH is 1. The first-order chi connectivity index (χ1) is 14.1. The van der Waals surface area contributed by atoms with Crippen LogP contribution in [0.25, 0.3) is 27.6 Å². The molecule has 0 fully saturated rings. The molecule has 8 heteroatoms. The molecule has 2 N–H and O–H groups in total. The van der Waals surface area contributed by atoms with Gasteiger partial charge >= 0.3 is 5.97 Å². The normalized spacial score (nSPS) is 13.0. The Balaban J connectivity index is 1.60. The van der Waals surface area contributed by atoms with Crippen LogP contribution in [-0.4, -0.2) is 37.1 Å². The van der Waals surface area contributed by atoms with Crippen LogP contribution in [0.2, 0.25) is 0 Å². The fourth-order valence-corrected chi connectivity index (χ4v) is 2.88. The molecular weight excluding hydrogens is 370 g/mol. The van der Waals surface area contributed by atoms with Crippen molar-refractivity contribution >= 4 is 33.6 Å². The van der Waals surface area contributed by atoms with E-state index in [0.29, 0.717) is 16.6 Å². The van der Waals surface area contributed by atoms with Gasteiger partial charge in [0.15, 0.2) is 17.7 Å². The molecule has 0 radical (unpaired) electrons. The zero-order chi connectivity index (χ0) is 20.4. The summed E-state index contributed by atoms with van der Waals surface area (Å²) in [6.45, 7) is 1.48. The maximum absolute atomic E-state index is 12.5. The lowest BCUT2D eigenvalue weighted by atomic mass is 10.1. The summed E-state index contributed by atoms with van der Waals surface area (Å²) in [6.07, 6.45) is 2.04. The van der Waals surface area contributed by atoms with E-state index in [-0.39, 0.29) is 22.7 Å². The van der Waals surface area contributed by atoms with Crippen LogP contribution in [-0.2, 0) is 4.74 Å². The summed E-state index contributed by atoms with van der Waals surface area (Å²) in [5.41, 5.74) is 2.76. The second-order valence-corrected chi connectivity index (χ2v) is 6.28. The van der Waals surface area contributed by atoms with Gasteiger partial charge in [-0.15, -0.1) is 0 Å². The van der Waals surface area contributed by atoms with Crippen molar-refractivity contribution < 1.29 is 14.6 Å². The highest BCUT2D eigenvalue weighted by atomic mass is 16.6. The van der Waals surface area contributed by atoms with E-state index in [1.54, 1.807) is 30.5 Å². The number of aromatic amines is 1. The highest BCUT2D eigenvalue weighted by molar-refractivity contribution is 5.93. The first kappa shape index (κ1) is 18.1. The maximum Gasteiger partial charge on any atom is 0.338 e. The number of H-pyrrole nitrogens is 1. The number of aromatic nitrogens is 4. The molecule has 0 bridgehead atoms. The highest BCUT2D eigenvalue weighted by Crippen LogP contribution is 2.22. The Bertz CT molecular complexity index is 1270. The van der Waals surface area contributed by atoms with Crippen LogP contribution in [0.4, 0.5) is 0 Å². The average Bonchev–Trinajstić information content (AvgIpc) is 3.17. The number of allylic oxidation sites excluding steroid dienone is 1. The summed E-state index contributed by atoms with van der Waals surface area (Å²) in [5.74, 6) is -0.839. The minimum atomic E-state index is -1.05. The molecule has 0 saturated heterocycles. The molecule has 29 heavy (non-hydrogen) atoms. The van der Waals surface area contributed by atoms with Gasteiger partial charge in [0.1, 0.15) is 11.6 Å². The zero-order valence-corrected chi connectivity index (χ0v) is 15.3. The Morgan fingerprint density at radius 1 is 1.14 bits per heavy atom. The van der Waals surface area contributed by atoms with Crippen LogP contribution in [0.15, 0.2) is 60.6 Å². The molecule has 142 valence electrons. The molecule has 2 heterocycles. The van der Waals surface area contributed by atoms with E-state index in [1.807, 2.05) is 24.3 Å². The average molecular weight is 385 g/mol. The van der Waals surface area contributed by atoms with Crippen molar-refractivity contribution in [3.05, 3.63) is 72.0 Å². The van der Waals surface area contributed by atoms with Gasteiger partial charge in [0.05, 0.1) is 27.6 Å². The summed E-state index contributed by atoms with van der Waals surface area (Å²) in [5, 5.41) is 20.0. The van der Waals surface area contributed by atoms with Crippen molar-refractivity contribution in [2.45, 2.75) is 13.0 Å². The predicted octanol–water partition coefficient (Wildman–Crippen LogP) is 3.54. The Labute approximate surface area is 165 Å². The lowest BCUT2D eigenvalue weighted by molar-refractivity contribution is 0.0334. The second kappa shape index (κ2) is 7.40. The second-order valence-electron chi connectivity index (χ2n) is 6.28. The number of rotatable bonds is 4. The standard InChI is InChI=1S/C21H15N5O3/c1-12(29-21(28)13-6-7-15-18(10-13)24-9-8-23-15)19(27)14(11-22)20-25-16-4-2-3-5-17(16)26-20/h2-10,12,27H,1H3,(H,25,26)/b19-14-/t12-/m1/s1. The number of aliphatic hydroxyl groups is 1. The predicted molar refractivity (Wildman–Crippen MR) is 106 cm³/mol. The first-order valence-corrected chi connectivity index (χ1v) is 8.77. The molecule has 4 aromatic rings. The smallest absolute Gasteiger partial charge is 0.338 e. The number of nitriles is 1. The van der Waals surface area contributed by atoms with Gasteiger partial charge in [-0.1, -0.05) is 12.1 Å². The van der Waals surface area contributed by atoms with E-state index in [2.05, 4.69) is 19.9 Å². The van der Waals surface area contributed by atoms with E-state index in [4.69, 9.17) is 4.74 Å². The highest BCUT2D eigenvalue weighted by Gasteiger charge is 2.22. The fraction of sp³-hybridized carbons (Fsp3) is 0.0952. The van der Waals surface area contributed by atoms with Crippen molar-refractivity contribution in [2.75, 3.05) is 0 Å². The summed E-state index contributed by atoms with van der Waals surface area (Å²) in [7, 11) is 0. The number of hydrogen-bond acceptors (Lipinski definition) is 7. The molecule has 0 aliphatic heterocycles. The summed E-state index contributed by atoms with van der Waals surface area (Å²) < 4.78 is 5.34. The molecule has 0 aliphatic carbocycles. The van der Waals surface area contributed by atoms with Crippen LogP contribution in [0.5, 0.6) is 0 Å². The van der Waals surface area contributed by atoms with Gasteiger partial charge in [0, 0.05) is 12.4 Å². The monoisotopic (exact) mass is 385 g/mol. The van der Waals surface area contributed by atoms with E-state index in [0.717, 1.165) is 5.52 Å². The Kier molecular flexibility index (Phi) is 4.63. The molecule has 1 atom stereocenters. The van der Waals surface area contributed by atoms with Crippen LogP contribution >= 0.6 is 0 Å². The summed E-state index contributed by atoms with van der Waals surface area (Å²) in [4.78, 5) is 28.1. The van der Waals surface area contributed by atoms with Crippen LogP contribution < -0.4 is 0 Å². The van der Waals surface area contributed by atoms with E-state index in [9.17, 15) is 15.2 Å². The van der Waals surface area contributed by atoms with Crippen molar-refractivity contribution in [3.8, 4) is 6.07 Å². The number of ether oxygens (including phenoxy) is 1. The lowest BCUT2D eigenvalue weighted by Gasteiger charge is -2.13. The third kappa shape index (κ3) is 3.49. The van der Waals surface area contributed by atoms with Crippen molar-refractivity contribution in [3.63, 3.8) is 0 Å². The van der Waals surface area contributed by atoms with E-state index < -0.39 is 12.1 Å². The number of hydrogen-bond donors (Lipinski definition) is 2. The zero-order valence-electron chi connectivity index (χ0n) is 15.3. The Morgan fingerprint density at radius 3 is 2.66 bits per heavy atom. The molecule has 0 saturated carbocycles. The molecule has 0 aliphatic rings. The Morgan fingerprint density at radius 2 is 1.90 bits per heavy atom. The topological polar surface area (TPSA) is 125 Å². The number of esters is 1. The van der Waals surface area contributed by atoms with Gasteiger partial charge < -0.3 is 14.8 Å². The quantitative estimate of drug-likeness (QED) is 0.313. The number of nitrogens with zero attached hydrogens (tertiary/aromatic N) is 4. The Hall–Kier alpha value is -4.25. The molecule has 0 amide bonds. The van der Waals surface area contributed by atoms with Gasteiger partial charge in [-0.3, -0.25) is 9.97 Å². The third-order valence-electron chi connectivity index (χ3n) is 4.37. The fourth-order valence-electron chi connectivity index (χ4n) is 2.88. The molecule has 8 nitrogen and oxygen atoms in total. The van der Waals surface area contributed by atoms with Crippen LogP contribution in [0.3, 0.4) is 0 Å². The number of fused-ring (bicyclic) bond motifs is 2. The molecule has 2 aromatic carbocycles. The van der Waals surface area contributed by atoms with Crippen molar-refractivity contribution in [1.29, 1.82) is 5.26 Å². The van der Waals surface area contributed by atoms with Gasteiger partial charge in [0.25, 0.3) is 0 Å². The molecular formula is C21H15N5O3. The SMILES string of the molecule is C[C@@H](OC(=O)c1ccc2nccnc2c1)/C(O)=C(\C#N)c1nc2ccccc2[nH]1. The summed E-state index contributed by atoms with van der Waals surface area (Å²) in [6, 6.07) is 14.0. The molecule has 0 spiro atoms. The number of benzene rings is 2. The van der Waals surface area contributed by atoms with E-state index in [1.165, 1.54) is 13.1 Å².